The van der Waals surface area contributed by atoms with Gasteiger partial charge in [0.2, 0.25) is 0 Å². The molecule has 0 unspecified atom stereocenters. The van der Waals surface area contributed by atoms with Gasteiger partial charge in [-0.25, -0.2) is 14.5 Å². The topological polar surface area (TPSA) is 64.8 Å². The number of hydrogen-bond acceptors (Lipinski definition) is 5. The highest BCUT2D eigenvalue weighted by Gasteiger charge is 2.25. The Kier molecular flexibility index (Phi) is 5.07. The van der Waals surface area contributed by atoms with Gasteiger partial charge >= 0.3 is 0 Å². The Bertz CT molecular complexity index is 1060. The van der Waals surface area contributed by atoms with Crippen LogP contribution in [0.15, 0.2) is 52.5 Å². The number of fused-ring (bicyclic) bond motifs is 1. The first-order valence-corrected chi connectivity index (χ1v) is 10.2. The van der Waals surface area contributed by atoms with E-state index in [0.29, 0.717) is 28.3 Å². The van der Waals surface area contributed by atoms with Crippen molar-refractivity contribution < 1.29 is 4.79 Å². The lowest BCUT2D eigenvalue weighted by molar-refractivity contribution is -0.118. The molecule has 1 fully saturated rings. The summed E-state index contributed by atoms with van der Waals surface area (Å²) in [6.07, 6.45) is 6.18. The van der Waals surface area contributed by atoms with Gasteiger partial charge in [-0.2, -0.15) is 0 Å². The van der Waals surface area contributed by atoms with Crippen LogP contribution in [0.3, 0.4) is 0 Å². The second-order valence-corrected chi connectivity index (χ2v) is 8.04. The summed E-state index contributed by atoms with van der Waals surface area (Å²) in [4.78, 5) is 35.0. The van der Waals surface area contributed by atoms with Gasteiger partial charge in [-0.1, -0.05) is 42.8 Å². The van der Waals surface area contributed by atoms with Gasteiger partial charge in [0.1, 0.15) is 11.6 Å². The van der Waals surface area contributed by atoms with Crippen LogP contribution < -0.4 is 5.56 Å². The number of pyridine rings is 1. The van der Waals surface area contributed by atoms with Crippen molar-refractivity contribution in [3.8, 4) is 5.82 Å². The van der Waals surface area contributed by atoms with E-state index in [0.717, 1.165) is 31.2 Å². The fraction of sp³-hybridized carbons (Fsp3) is 0.333. The molecular formula is C21H21N3O2S. The molecule has 1 aliphatic carbocycles. The molecule has 2 aromatic heterocycles. The summed E-state index contributed by atoms with van der Waals surface area (Å²) < 4.78 is 1.57. The third kappa shape index (κ3) is 3.54. The molecule has 27 heavy (non-hydrogen) atoms. The zero-order chi connectivity index (χ0) is 18.8. The lowest BCUT2D eigenvalue weighted by Gasteiger charge is -2.17. The van der Waals surface area contributed by atoms with Crippen molar-refractivity contribution in [3.63, 3.8) is 0 Å². The summed E-state index contributed by atoms with van der Waals surface area (Å²) in [5.74, 6) is 0.827. The molecular weight excluding hydrogens is 358 g/mol. The predicted octanol–water partition coefficient (Wildman–Crippen LogP) is 4.08. The monoisotopic (exact) mass is 379 g/mol. The number of para-hydroxylation sites is 1. The number of aromatic nitrogens is 3. The van der Waals surface area contributed by atoms with E-state index in [2.05, 4.69) is 4.98 Å². The first-order chi connectivity index (χ1) is 13.1. The average molecular weight is 379 g/mol. The van der Waals surface area contributed by atoms with E-state index >= 15 is 0 Å². The fourth-order valence-electron chi connectivity index (χ4n) is 3.47. The molecule has 0 saturated heterocycles. The van der Waals surface area contributed by atoms with E-state index in [1.54, 1.807) is 16.8 Å². The second kappa shape index (κ2) is 7.64. The van der Waals surface area contributed by atoms with Gasteiger partial charge in [0, 0.05) is 12.6 Å². The molecule has 0 N–H and O–H groups in total. The van der Waals surface area contributed by atoms with Crippen molar-refractivity contribution >= 4 is 28.4 Å². The molecule has 5 nitrogen and oxygen atoms in total. The third-order valence-corrected chi connectivity index (χ3v) is 6.20. The molecule has 6 heteroatoms. The van der Waals surface area contributed by atoms with Crippen LogP contribution in [0.2, 0.25) is 0 Å². The number of carbonyl (C=O) groups is 1. The number of thioether (sulfide) groups is 1. The molecule has 138 valence electrons. The molecule has 1 aromatic carbocycles. The molecule has 1 aliphatic rings. The van der Waals surface area contributed by atoms with Crippen molar-refractivity contribution in [3.05, 3.63) is 58.5 Å². The zero-order valence-corrected chi connectivity index (χ0v) is 16.0. The molecule has 1 saturated carbocycles. The molecule has 0 aliphatic heterocycles. The summed E-state index contributed by atoms with van der Waals surface area (Å²) in [6.45, 7) is 1.93. The fourth-order valence-corrected chi connectivity index (χ4v) is 4.68. The summed E-state index contributed by atoms with van der Waals surface area (Å²) >= 11 is 1.41. The van der Waals surface area contributed by atoms with Gasteiger partial charge < -0.3 is 0 Å². The van der Waals surface area contributed by atoms with Crippen molar-refractivity contribution in [1.29, 1.82) is 0 Å². The maximum atomic E-state index is 13.3. The number of carbonyl (C=O) groups excluding carboxylic acids is 1. The highest BCUT2D eigenvalue weighted by molar-refractivity contribution is 8.00. The Balaban J connectivity index is 1.90. The highest BCUT2D eigenvalue weighted by atomic mass is 32.2. The quantitative estimate of drug-likeness (QED) is 0.507. The number of hydrogen-bond donors (Lipinski definition) is 0. The van der Waals surface area contributed by atoms with Gasteiger partial charge in [-0.15, -0.1) is 0 Å². The third-order valence-electron chi connectivity index (χ3n) is 4.93. The molecule has 4 rings (SSSR count). The Morgan fingerprint density at radius 2 is 1.93 bits per heavy atom. The Morgan fingerprint density at radius 3 is 2.78 bits per heavy atom. The molecule has 2 heterocycles. The normalized spacial score (nSPS) is 17.8. The van der Waals surface area contributed by atoms with Crippen LogP contribution in [0.25, 0.3) is 16.7 Å². The van der Waals surface area contributed by atoms with E-state index in [9.17, 15) is 9.59 Å². The minimum Gasteiger partial charge on any atom is -0.298 e. The molecule has 1 atom stereocenters. The van der Waals surface area contributed by atoms with Crippen LogP contribution in [0.5, 0.6) is 0 Å². The lowest BCUT2D eigenvalue weighted by Crippen LogP contribution is -2.25. The molecule has 3 aromatic rings. The predicted molar refractivity (Wildman–Crippen MR) is 108 cm³/mol. The van der Waals surface area contributed by atoms with E-state index in [-0.39, 0.29) is 16.6 Å². The van der Waals surface area contributed by atoms with Crippen molar-refractivity contribution in [2.45, 2.75) is 49.4 Å². The molecule has 0 spiro atoms. The van der Waals surface area contributed by atoms with Gasteiger partial charge in [0.05, 0.1) is 16.2 Å². The maximum Gasteiger partial charge on any atom is 0.267 e. The summed E-state index contributed by atoms with van der Waals surface area (Å²) in [5, 5.41) is 0.940. The largest absolute Gasteiger partial charge is 0.298 e. The number of Topliss-reactive ketones (excluding diaryl/α,β-unsaturated/α-hetero) is 1. The van der Waals surface area contributed by atoms with E-state index in [1.165, 1.54) is 11.8 Å². The van der Waals surface area contributed by atoms with Gasteiger partial charge in [-0.05, 0) is 43.5 Å². The summed E-state index contributed by atoms with van der Waals surface area (Å²) in [5.41, 5.74) is 1.40. The standard InChI is InChI=1S/C21H21N3O2S/c1-14-8-7-13-22-19(14)24-20(26)15-9-5-6-10-16(15)23-21(24)27-18-12-4-2-3-11-17(18)25/h5-10,13,18H,2-4,11-12H2,1H3/t18-/m0/s1. The highest BCUT2D eigenvalue weighted by Crippen LogP contribution is 2.31. The van der Waals surface area contributed by atoms with Crippen LogP contribution in [0.1, 0.15) is 37.7 Å². The number of aryl methyl sites for hydroxylation is 1. The van der Waals surface area contributed by atoms with E-state index in [4.69, 9.17) is 4.98 Å². The Morgan fingerprint density at radius 1 is 1.07 bits per heavy atom. The number of rotatable bonds is 3. The van der Waals surface area contributed by atoms with Gasteiger partial charge in [0.25, 0.3) is 5.56 Å². The first kappa shape index (κ1) is 17.9. The number of ketones is 1. The Labute approximate surface area is 161 Å². The number of benzene rings is 1. The van der Waals surface area contributed by atoms with Crippen molar-refractivity contribution in [1.82, 2.24) is 14.5 Å². The molecule has 0 amide bonds. The van der Waals surface area contributed by atoms with E-state index < -0.39 is 0 Å². The average Bonchev–Trinajstić information content (AvgIpc) is 2.88. The molecule has 0 bridgehead atoms. The smallest absolute Gasteiger partial charge is 0.267 e. The maximum absolute atomic E-state index is 13.3. The van der Waals surface area contributed by atoms with Crippen molar-refractivity contribution in [2.24, 2.45) is 0 Å². The summed E-state index contributed by atoms with van der Waals surface area (Å²) in [7, 11) is 0. The second-order valence-electron chi connectivity index (χ2n) is 6.87. The zero-order valence-electron chi connectivity index (χ0n) is 15.2. The van der Waals surface area contributed by atoms with Gasteiger partial charge in [-0.3, -0.25) is 9.59 Å². The van der Waals surface area contributed by atoms with Crippen LogP contribution in [-0.4, -0.2) is 25.6 Å². The van der Waals surface area contributed by atoms with Crippen LogP contribution in [0.4, 0.5) is 0 Å². The SMILES string of the molecule is Cc1cccnc1-n1c(S[C@H]2CCCCCC2=O)nc2ccccc2c1=O. The van der Waals surface area contributed by atoms with Crippen LogP contribution in [0, 0.1) is 6.92 Å². The first-order valence-electron chi connectivity index (χ1n) is 9.28. The lowest BCUT2D eigenvalue weighted by atomic mass is 10.2. The molecule has 0 radical (unpaired) electrons. The number of nitrogens with zero attached hydrogens (tertiary/aromatic N) is 3. The van der Waals surface area contributed by atoms with Crippen molar-refractivity contribution in [2.75, 3.05) is 0 Å². The van der Waals surface area contributed by atoms with Crippen LogP contribution >= 0.6 is 11.8 Å². The van der Waals surface area contributed by atoms with E-state index in [1.807, 2.05) is 37.3 Å². The minimum absolute atomic E-state index is 0.147. The summed E-state index contributed by atoms with van der Waals surface area (Å²) in [6, 6.07) is 11.1. The minimum atomic E-state index is -0.157. The Hall–Kier alpha value is -2.47. The van der Waals surface area contributed by atoms with Crippen LogP contribution in [-0.2, 0) is 4.79 Å². The van der Waals surface area contributed by atoms with Gasteiger partial charge in [0.15, 0.2) is 5.16 Å².